The molecule has 100 valence electrons. The topological polar surface area (TPSA) is 54.7 Å². The third-order valence-electron chi connectivity index (χ3n) is 3.84. The lowest BCUT2D eigenvalue weighted by Crippen LogP contribution is -2.22. The van der Waals surface area contributed by atoms with E-state index in [1.165, 1.54) is 11.8 Å². The number of benzene rings is 1. The van der Waals surface area contributed by atoms with Gasteiger partial charge in [0.15, 0.2) is 0 Å². The van der Waals surface area contributed by atoms with E-state index in [-0.39, 0.29) is 5.82 Å². The highest BCUT2D eigenvalue weighted by Crippen LogP contribution is 2.24. The van der Waals surface area contributed by atoms with E-state index in [4.69, 9.17) is 5.73 Å². The number of hydrogen-bond acceptors (Lipinski definition) is 2. The first-order valence-corrected chi connectivity index (χ1v) is 6.76. The summed E-state index contributed by atoms with van der Waals surface area (Å²) in [7, 11) is 0. The predicted molar refractivity (Wildman–Crippen MR) is 72.4 cm³/mol. The van der Waals surface area contributed by atoms with Crippen LogP contribution in [-0.2, 0) is 19.3 Å². The van der Waals surface area contributed by atoms with E-state index in [1.807, 2.05) is 6.07 Å². The molecule has 1 aliphatic rings. The smallest absolute Gasteiger partial charge is 0.126 e. The summed E-state index contributed by atoms with van der Waals surface area (Å²) in [4.78, 5) is 7.93. The van der Waals surface area contributed by atoms with Crippen LogP contribution >= 0.6 is 0 Å². The van der Waals surface area contributed by atoms with E-state index in [1.54, 1.807) is 12.1 Å². The lowest BCUT2D eigenvalue weighted by Gasteiger charge is -2.18. The second-order valence-electron chi connectivity index (χ2n) is 5.22. The molecule has 1 aromatic carbocycles. The Kier molecular flexibility index (Phi) is 3.34. The highest BCUT2D eigenvalue weighted by Gasteiger charge is 2.21. The van der Waals surface area contributed by atoms with Crippen LogP contribution in [0.3, 0.4) is 0 Å². The fourth-order valence-corrected chi connectivity index (χ4v) is 2.72. The van der Waals surface area contributed by atoms with Crippen molar-refractivity contribution in [1.29, 1.82) is 0 Å². The van der Waals surface area contributed by atoms with Crippen LogP contribution in [0.15, 0.2) is 24.3 Å². The summed E-state index contributed by atoms with van der Waals surface area (Å²) in [5.74, 6) is 1.23. The van der Waals surface area contributed by atoms with Gasteiger partial charge in [0.25, 0.3) is 0 Å². The summed E-state index contributed by atoms with van der Waals surface area (Å²) in [6, 6.07) is 6.85. The number of H-pyrrole nitrogens is 1. The number of imidazole rings is 1. The Bertz CT molecular complexity index is 577. The van der Waals surface area contributed by atoms with Gasteiger partial charge in [0.1, 0.15) is 11.6 Å². The number of hydrogen-bond donors (Lipinski definition) is 2. The van der Waals surface area contributed by atoms with Gasteiger partial charge in [-0.05, 0) is 43.4 Å². The molecule has 0 saturated heterocycles. The number of nitrogens with one attached hydrogen (secondary N) is 1. The molecule has 3 nitrogen and oxygen atoms in total. The Morgan fingerprint density at radius 1 is 1.37 bits per heavy atom. The zero-order valence-corrected chi connectivity index (χ0v) is 10.8. The second-order valence-corrected chi connectivity index (χ2v) is 5.22. The maximum Gasteiger partial charge on any atom is 0.126 e. The van der Waals surface area contributed by atoms with Crippen LogP contribution < -0.4 is 5.73 Å². The van der Waals surface area contributed by atoms with Crippen molar-refractivity contribution < 1.29 is 4.39 Å². The van der Waals surface area contributed by atoms with Gasteiger partial charge in [0.2, 0.25) is 0 Å². The summed E-state index contributed by atoms with van der Waals surface area (Å²) in [5, 5.41) is 0. The van der Waals surface area contributed by atoms with Crippen molar-refractivity contribution in [2.24, 2.45) is 11.7 Å². The Labute approximate surface area is 112 Å². The third-order valence-corrected chi connectivity index (χ3v) is 3.84. The monoisotopic (exact) mass is 259 g/mol. The number of aromatic amines is 1. The third kappa shape index (κ3) is 2.54. The van der Waals surface area contributed by atoms with Crippen LogP contribution in [0.2, 0.25) is 0 Å². The van der Waals surface area contributed by atoms with Crippen LogP contribution in [0.1, 0.15) is 29.2 Å². The van der Waals surface area contributed by atoms with Gasteiger partial charge in [-0.25, -0.2) is 9.37 Å². The van der Waals surface area contributed by atoms with Gasteiger partial charge < -0.3 is 10.7 Å². The summed E-state index contributed by atoms with van der Waals surface area (Å²) < 4.78 is 13.6. The fourth-order valence-electron chi connectivity index (χ4n) is 2.72. The van der Waals surface area contributed by atoms with Gasteiger partial charge in [-0.2, -0.15) is 0 Å². The molecule has 0 fully saturated rings. The maximum absolute atomic E-state index is 13.6. The molecule has 1 aromatic heterocycles. The molecule has 1 aliphatic carbocycles. The number of rotatable bonds is 3. The minimum Gasteiger partial charge on any atom is -0.345 e. The van der Waals surface area contributed by atoms with Crippen molar-refractivity contribution in [1.82, 2.24) is 9.97 Å². The van der Waals surface area contributed by atoms with Crippen LogP contribution in [-0.4, -0.2) is 16.5 Å². The number of fused-ring (bicyclic) bond motifs is 1. The molecule has 0 spiro atoms. The molecule has 0 aliphatic heterocycles. The minimum atomic E-state index is -0.170. The largest absolute Gasteiger partial charge is 0.345 e. The van der Waals surface area contributed by atoms with Gasteiger partial charge in [0.05, 0.1) is 5.69 Å². The molecule has 0 amide bonds. The Balaban J connectivity index is 1.80. The van der Waals surface area contributed by atoms with E-state index >= 15 is 0 Å². The summed E-state index contributed by atoms with van der Waals surface area (Å²) >= 11 is 0. The molecule has 0 saturated carbocycles. The summed E-state index contributed by atoms with van der Waals surface area (Å²) in [6.45, 7) is 0.723. The lowest BCUT2D eigenvalue weighted by atomic mass is 9.90. The van der Waals surface area contributed by atoms with Gasteiger partial charge in [-0.15, -0.1) is 0 Å². The molecule has 2 aromatic rings. The molecular weight excluding hydrogens is 241 g/mol. The number of aryl methyl sites for hydroxylation is 1. The van der Waals surface area contributed by atoms with Crippen molar-refractivity contribution in [3.8, 4) is 0 Å². The van der Waals surface area contributed by atoms with Crippen molar-refractivity contribution in [2.45, 2.75) is 25.7 Å². The molecule has 3 rings (SSSR count). The quantitative estimate of drug-likeness (QED) is 0.888. The summed E-state index contributed by atoms with van der Waals surface area (Å²) in [6.07, 6.45) is 3.57. The number of aromatic nitrogens is 2. The van der Waals surface area contributed by atoms with Gasteiger partial charge in [-0.1, -0.05) is 18.2 Å². The van der Waals surface area contributed by atoms with Crippen LogP contribution in [0, 0.1) is 11.7 Å². The number of nitrogens with two attached hydrogens (primary N) is 1. The molecule has 1 heterocycles. The minimum absolute atomic E-state index is 0.170. The van der Waals surface area contributed by atoms with E-state index in [0.717, 1.165) is 37.3 Å². The average Bonchev–Trinajstić information content (AvgIpc) is 2.82. The predicted octanol–water partition coefficient (Wildman–Crippen LogP) is 2.20. The van der Waals surface area contributed by atoms with Crippen LogP contribution in [0.4, 0.5) is 4.39 Å². The molecule has 1 atom stereocenters. The Morgan fingerprint density at radius 2 is 2.21 bits per heavy atom. The van der Waals surface area contributed by atoms with Crippen LogP contribution in [0.25, 0.3) is 0 Å². The van der Waals surface area contributed by atoms with E-state index in [0.29, 0.717) is 17.9 Å². The number of halogens is 1. The highest BCUT2D eigenvalue weighted by molar-refractivity contribution is 5.25. The van der Waals surface area contributed by atoms with Crippen molar-refractivity contribution in [3.63, 3.8) is 0 Å². The summed E-state index contributed by atoms with van der Waals surface area (Å²) in [5.41, 5.74) is 8.73. The van der Waals surface area contributed by atoms with Crippen molar-refractivity contribution in [2.75, 3.05) is 6.54 Å². The average molecular weight is 259 g/mol. The molecule has 3 N–H and O–H groups in total. The first-order valence-electron chi connectivity index (χ1n) is 6.76. The molecule has 0 bridgehead atoms. The van der Waals surface area contributed by atoms with E-state index in [2.05, 4.69) is 9.97 Å². The standard InChI is InChI=1S/C15H18FN3/c16-12-4-2-1-3-11(12)8-15-18-13-6-5-10(9-17)7-14(13)19-15/h1-4,10H,5-9,17H2,(H,18,19). The highest BCUT2D eigenvalue weighted by atomic mass is 19.1. The number of nitrogens with zero attached hydrogens (tertiary/aromatic N) is 1. The van der Waals surface area contributed by atoms with Crippen molar-refractivity contribution >= 4 is 0 Å². The Morgan fingerprint density at radius 3 is 3.00 bits per heavy atom. The van der Waals surface area contributed by atoms with E-state index in [9.17, 15) is 4.39 Å². The van der Waals surface area contributed by atoms with Crippen LogP contribution in [0.5, 0.6) is 0 Å². The molecule has 19 heavy (non-hydrogen) atoms. The first-order chi connectivity index (χ1) is 9.26. The normalized spacial score (nSPS) is 18.3. The first kappa shape index (κ1) is 12.4. The zero-order valence-electron chi connectivity index (χ0n) is 10.8. The van der Waals surface area contributed by atoms with Gasteiger partial charge in [0, 0.05) is 12.1 Å². The SMILES string of the molecule is NCC1CCc2nc(Cc3ccccc3F)[nH]c2C1. The van der Waals surface area contributed by atoms with E-state index < -0.39 is 0 Å². The lowest BCUT2D eigenvalue weighted by molar-refractivity contribution is 0.461. The van der Waals surface area contributed by atoms with Crippen molar-refractivity contribution in [3.05, 3.63) is 52.9 Å². The van der Waals surface area contributed by atoms with Gasteiger partial charge >= 0.3 is 0 Å². The molecule has 4 heteroatoms. The second kappa shape index (κ2) is 5.13. The fraction of sp³-hybridized carbons (Fsp3) is 0.400. The Hall–Kier alpha value is -1.68. The van der Waals surface area contributed by atoms with Gasteiger partial charge in [-0.3, -0.25) is 0 Å². The molecular formula is C15H18FN3. The zero-order chi connectivity index (χ0) is 13.2. The maximum atomic E-state index is 13.6. The molecule has 0 radical (unpaired) electrons. The molecule has 1 unspecified atom stereocenters.